The van der Waals surface area contributed by atoms with Crippen LogP contribution in [-0.2, 0) is 0 Å². The number of H-pyrrole nitrogens is 1. The monoisotopic (exact) mass is 281 g/mol. The van der Waals surface area contributed by atoms with Crippen molar-refractivity contribution in [2.45, 2.75) is 26.8 Å². The van der Waals surface area contributed by atoms with Gasteiger partial charge in [-0.3, -0.25) is 14.6 Å². The fourth-order valence-corrected chi connectivity index (χ4v) is 1.83. The van der Waals surface area contributed by atoms with E-state index in [0.717, 1.165) is 5.56 Å². The molecule has 2 rings (SSSR count). The molecule has 0 saturated carbocycles. The summed E-state index contributed by atoms with van der Waals surface area (Å²) in [6.45, 7) is 6.18. The molecule has 0 saturated heterocycles. The van der Waals surface area contributed by atoms with E-state index in [9.17, 15) is 4.79 Å². The second-order valence-electron chi connectivity index (χ2n) is 4.57. The first-order valence-electron chi connectivity index (χ1n) is 5.98. The molecule has 0 fully saturated rings. The molecular formula is C12H16ClN5O. The molecule has 1 amide bonds. The molecule has 1 atom stereocenters. The highest BCUT2D eigenvalue weighted by atomic mass is 35.5. The third-order valence-electron chi connectivity index (χ3n) is 2.83. The molecular weight excluding hydrogens is 266 g/mol. The van der Waals surface area contributed by atoms with Crippen molar-refractivity contribution in [3.05, 3.63) is 34.4 Å². The number of rotatable bonds is 4. The molecule has 0 aromatic carbocycles. The summed E-state index contributed by atoms with van der Waals surface area (Å²) >= 11 is 5.97. The number of hydrogen-bond donors (Lipinski definition) is 2. The minimum absolute atomic E-state index is 0.0662. The highest BCUT2D eigenvalue weighted by Crippen LogP contribution is 2.16. The molecule has 102 valence electrons. The number of aromatic amines is 1. The zero-order valence-corrected chi connectivity index (χ0v) is 11.8. The Labute approximate surface area is 116 Å². The molecule has 0 aliphatic rings. The Kier molecular flexibility index (Phi) is 3.90. The lowest BCUT2D eigenvalue weighted by Crippen LogP contribution is -2.30. The first-order chi connectivity index (χ1) is 8.99. The predicted molar refractivity (Wildman–Crippen MR) is 72.3 cm³/mol. The number of nitrogens with zero attached hydrogens (tertiary/aromatic N) is 3. The van der Waals surface area contributed by atoms with Gasteiger partial charge >= 0.3 is 0 Å². The number of nitrogens with one attached hydrogen (secondary N) is 2. The van der Waals surface area contributed by atoms with Gasteiger partial charge in [0.15, 0.2) is 5.69 Å². The molecule has 0 aliphatic heterocycles. The lowest BCUT2D eigenvalue weighted by molar-refractivity contribution is 0.0943. The molecule has 2 aromatic rings. The molecule has 7 heteroatoms. The Hall–Kier alpha value is -1.82. The molecule has 0 spiro atoms. The first-order valence-corrected chi connectivity index (χ1v) is 6.36. The van der Waals surface area contributed by atoms with Crippen molar-refractivity contribution in [1.29, 1.82) is 0 Å². The van der Waals surface area contributed by atoms with Gasteiger partial charge in [0.05, 0.1) is 23.0 Å². The van der Waals surface area contributed by atoms with Gasteiger partial charge in [-0.15, -0.1) is 0 Å². The number of amides is 1. The molecule has 0 unspecified atom stereocenters. The highest BCUT2D eigenvalue weighted by molar-refractivity contribution is 6.34. The van der Waals surface area contributed by atoms with E-state index in [4.69, 9.17) is 11.6 Å². The van der Waals surface area contributed by atoms with Gasteiger partial charge in [0.1, 0.15) is 0 Å². The van der Waals surface area contributed by atoms with E-state index in [1.807, 2.05) is 24.7 Å². The maximum atomic E-state index is 11.9. The standard InChI is InChI=1S/C12H16ClN5O/c1-7-4-15-18(6-7)8(2)5-14-12(19)11-10(13)9(3)16-17-11/h4,6,8H,5H2,1-3H3,(H,14,19)(H,16,17)/t8-/m1/s1. The summed E-state index contributed by atoms with van der Waals surface area (Å²) < 4.78 is 1.81. The average molecular weight is 282 g/mol. The molecule has 2 heterocycles. The van der Waals surface area contributed by atoms with E-state index in [2.05, 4.69) is 20.6 Å². The van der Waals surface area contributed by atoms with Crippen LogP contribution in [0.5, 0.6) is 0 Å². The molecule has 2 aromatic heterocycles. The molecule has 0 radical (unpaired) electrons. The maximum absolute atomic E-state index is 11.9. The second-order valence-corrected chi connectivity index (χ2v) is 4.95. The van der Waals surface area contributed by atoms with E-state index in [1.54, 1.807) is 13.1 Å². The number of hydrogen-bond acceptors (Lipinski definition) is 3. The maximum Gasteiger partial charge on any atom is 0.273 e. The van der Waals surface area contributed by atoms with Crippen LogP contribution in [0.4, 0.5) is 0 Å². The Morgan fingerprint density at radius 3 is 2.84 bits per heavy atom. The Balaban J connectivity index is 1.95. The van der Waals surface area contributed by atoms with E-state index < -0.39 is 0 Å². The minimum Gasteiger partial charge on any atom is -0.348 e. The quantitative estimate of drug-likeness (QED) is 0.898. The summed E-state index contributed by atoms with van der Waals surface area (Å²) in [6.07, 6.45) is 3.72. The third-order valence-corrected chi connectivity index (χ3v) is 3.29. The summed E-state index contributed by atoms with van der Waals surface area (Å²) in [4.78, 5) is 11.9. The van der Waals surface area contributed by atoms with E-state index >= 15 is 0 Å². The number of carbonyl (C=O) groups excluding carboxylic acids is 1. The van der Waals surface area contributed by atoms with Crippen molar-refractivity contribution in [2.24, 2.45) is 0 Å². The molecule has 6 nitrogen and oxygen atoms in total. The Morgan fingerprint density at radius 1 is 1.58 bits per heavy atom. The lowest BCUT2D eigenvalue weighted by atomic mass is 10.3. The number of carbonyl (C=O) groups is 1. The van der Waals surface area contributed by atoms with Crippen molar-refractivity contribution in [1.82, 2.24) is 25.3 Å². The molecule has 2 N–H and O–H groups in total. The van der Waals surface area contributed by atoms with Crippen LogP contribution in [0.2, 0.25) is 5.02 Å². The van der Waals surface area contributed by atoms with Crippen molar-refractivity contribution >= 4 is 17.5 Å². The van der Waals surface area contributed by atoms with Crippen LogP contribution in [0, 0.1) is 13.8 Å². The normalized spacial score (nSPS) is 12.4. The van der Waals surface area contributed by atoms with Crippen molar-refractivity contribution in [3.8, 4) is 0 Å². The molecule has 0 bridgehead atoms. The Bertz CT molecular complexity index is 589. The number of halogens is 1. The van der Waals surface area contributed by atoms with Crippen molar-refractivity contribution in [3.63, 3.8) is 0 Å². The van der Waals surface area contributed by atoms with Gasteiger partial charge < -0.3 is 5.32 Å². The predicted octanol–water partition coefficient (Wildman–Crippen LogP) is 1.87. The fraction of sp³-hybridized carbons (Fsp3) is 0.417. The van der Waals surface area contributed by atoms with E-state index in [0.29, 0.717) is 17.3 Å². The summed E-state index contributed by atoms with van der Waals surface area (Å²) in [7, 11) is 0. The first kappa shape index (κ1) is 13.6. The summed E-state index contributed by atoms with van der Waals surface area (Å²) in [6, 6.07) is 0.0662. The fourth-order valence-electron chi connectivity index (χ4n) is 1.66. The van der Waals surface area contributed by atoms with Gasteiger partial charge in [0.2, 0.25) is 0 Å². The lowest BCUT2D eigenvalue weighted by Gasteiger charge is -2.12. The second kappa shape index (κ2) is 5.44. The van der Waals surface area contributed by atoms with Gasteiger partial charge in [-0.1, -0.05) is 11.6 Å². The third kappa shape index (κ3) is 2.96. The van der Waals surface area contributed by atoms with Crippen LogP contribution in [0.1, 0.15) is 34.7 Å². The summed E-state index contributed by atoms with van der Waals surface area (Å²) in [5.41, 5.74) is 2.00. The van der Waals surface area contributed by atoms with Crippen LogP contribution in [0.3, 0.4) is 0 Å². The number of aromatic nitrogens is 4. The van der Waals surface area contributed by atoms with Crippen molar-refractivity contribution < 1.29 is 4.79 Å². The highest BCUT2D eigenvalue weighted by Gasteiger charge is 2.16. The van der Waals surface area contributed by atoms with E-state index in [-0.39, 0.29) is 17.6 Å². The van der Waals surface area contributed by atoms with Gasteiger partial charge in [0, 0.05) is 12.7 Å². The van der Waals surface area contributed by atoms with Crippen LogP contribution < -0.4 is 5.32 Å². The minimum atomic E-state index is -0.287. The molecule has 19 heavy (non-hydrogen) atoms. The van der Waals surface area contributed by atoms with Gasteiger partial charge in [-0.2, -0.15) is 10.2 Å². The van der Waals surface area contributed by atoms with Gasteiger partial charge in [-0.05, 0) is 26.3 Å². The van der Waals surface area contributed by atoms with Gasteiger partial charge in [-0.25, -0.2) is 0 Å². The SMILES string of the molecule is Cc1cnn([C@H](C)CNC(=O)c2n[nH]c(C)c2Cl)c1. The Morgan fingerprint density at radius 2 is 2.32 bits per heavy atom. The summed E-state index contributed by atoms with van der Waals surface area (Å²) in [5, 5.41) is 13.9. The van der Waals surface area contributed by atoms with Crippen LogP contribution in [-0.4, -0.2) is 32.4 Å². The van der Waals surface area contributed by atoms with E-state index in [1.165, 1.54) is 0 Å². The smallest absolute Gasteiger partial charge is 0.273 e. The zero-order chi connectivity index (χ0) is 14.0. The van der Waals surface area contributed by atoms with Crippen molar-refractivity contribution in [2.75, 3.05) is 6.54 Å². The largest absolute Gasteiger partial charge is 0.348 e. The van der Waals surface area contributed by atoms with Crippen LogP contribution in [0.25, 0.3) is 0 Å². The van der Waals surface area contributed by atoms with Crippen LogP contribution >= 0.6 is 11.6 Å². The number of aryl methyl sites for hydroxylation is 2. The topological polar surface area (TPSA) is 75.6 Å². The summed E-state index contributed by atoms with van der Waals surface area (Å²) in [5.74, 6) is -0.287. The van der Waals surface area contributed by atoms with Crippen LogP contribution in [0.15, 0.2) is 12.4 Å². The van der Waals surface area contributed by atoms with Gasteiger partial charge in [0.25, 0.3) is 5.91 Å². The average Bonchev–Trinajstić information content (AvgIpc) is 2.94. The molecule has 0 aliphatic carbocycles. The zero-order valence-electron chi connectivity index (χ0n) is 11.1.